The molecule has 3 aliphatic heterocycles. The number of nitrogens with one attached hydrogen (secondary N) is 1. The van der Waals surface area contributed by atoms with Crippen LogP contribution in [0.15, 0.2) is 24.0 Å². The molecular formula is C24H34IN3O5. The van der Waals surface area contributed by atoms with Crippen LogP contribution in [0.4, 0.5) is 5.69 Å². The summed E-state index contributed by atoms with van der Waals surface area (Å²) in [5.41, 5.74) is 8.09. The lowest BCUT2D eigenvalue weighted by Crippen LogP contribution is -2.67. The number of rotatable bonds is 7. The number of halogens is 1. The summed E-state index contributed by atoms with van der Waals surface area (Å²) in [4.78, 5) is 15.2. The maximum atomic E-state index is 12.7. The van der Waals surface area contributed by atoms with Gasteiger partial charge in [-0.3, -0.25) is 4.90 Å². The molecule has 0 amide bonds. The average Bonchev–Trinajstić information content (AvgIpc) is 3.14. The molecule has 1 aromatic carbocycles. The number of piperidine rings is 2. The Kier molecular flexibility index (Phi) is 7.42. The van der Waals surface area contributed by atoms with Crippen LogP contribution in [-0.2, 0) is 19.0 Å². The molecule has 4 rings (SSSR count). The van der Waals surface area contributed by atoms with Gasteiger partial charge in [-0.15, -0.1) is 0 Å². The SMILES string of the molecule is CC[C@@H]1CN2CCC3c4c(cc(I)cc4OC)N[C@]3(OCN)[C@@H]2C[C@@H]1/C(=C\OC)C(=O)OC. The second-order valence-corrected chi connectivity index (χ2v) is 10.2. The smallest absolute Gasteiger partial charge is 0.337 e. The number of carbonyl (C=O) groups excluding carboxylic acids is 1. The normalized spacial score (nSPS) is 31.2. The van der Waals surface area contributed by atoms with Crippen LogP contribution < -0.4 is 15.8 Å². The number of fused-ring (bicyclic) bond motifs is 5. The average molecular weight is 571 g/mol. The molecule has 1 unspecified atom stereocenters. The van der Waals surface area contributed by atoms with Gasteiger partial charge in [0.25, 0.3) is 0 Å². The predicted octanol–water partition coefficient (Wildman–Crippen LogP) is 3.26. The van der Waals surface area contributed by atoms with Gasteiger partial charge in [-0.05, 0) is 65.9 Å². The van der Waals surface area contributed by atoms with Crippen molar-refractivity contribution in [1.82, 2.24) is 4.90 Å². The number of anilines is 1. The van der Waals surface area contributed by atoms with E-state index in [0.717, 1.165) is 52.9 Å². The second-order valence-electron chi connectivity index (χ2n) is 8.96. The molecule has 1 aromatic rings. The van der Waals surface area contributed by atoms with Gasteiger partial charge in [0.2, 0.25) is 0 Å². The quantitative estimate of drug-likeness (QED) is 0.169. The van der Waals surface area contributed by atoms with Crippen molar-refractivity contribution in [2.75, 3.05) is 46.5 Å². The fraction of sp³-hybridized carbons (Fsp3) is 0.625. The van der Waals surface area contributed by atoms with Crippen molar-refractivity contribution in [3.63, 3.8) is 0 Å². The highest BCUT2D eigenvalue weighted by atomic mass is 127. The van der Waals surface area contributed by atoms with Crippen LogP contribution in [0.2, 0.25) is 0 Å². The number of methoxy groups -OCH3 is 3. The molecule has 182 valence electrons. The summed E-state index contributed by atoms with van der Waals surface area (Å²) in [5.74, 6) is 0.934. The number of hydrogen-bond donors (Lipinski definition) is 2. The molecule has 33 heavy (non-hydrogen) atoms. The van der Waals surface area contributed by atoms with Crippen molar-refractivity contribution in [3.8, 4) is 5.75 Å². The zero-order valence-corrected chi connectivity index (χ0v) is 21.9. The molecule has 8 nitrogen and oxygen atoms in total. The lowest BCUT2D eigenvalue weighted by Gasteiger charge is -2.56. The van der Waals surface area contributed by atoms with E-state index in [1.54, 1.807) is 20.5 Å². The summed E-state index contributed by atoms with van der Waals surface area (Å²) in [5, 5.41) is 3.74. The van der Waals surface area contributed by atoms with Crippen molar-refractivity contribution in [1.29, 1.82) is 0 Å². The lowest BCUT2D eigenvalue weighted by atomic mass is 9.69. The molecule has 5 atom stereocenters. The summed E-state index contributed by atoms with van der Waals surface area (Å²) in [7, 11) is 4.70. The van der Waals surface area contributed by atoms with E-state index < -0.39 is 5.72 Å². The van der Waals surface area contributed by atoms with E-state index in [1.807, 2.05) is 0 Å². The van der Waals surface area contributed by atoms with E-state index in [4.69, 9.17) is 24.7 Å². The molecule has 3 N–H and O–H groups in total. The van der Waals surface area contributed by atoms with Crippen molar-refractivity contribution in [3.05, 3.63) is 33.1 Å². The van der Waals surface area contributed by atoms with Crippen LogP contribution in [-0.4, -0.2) is 63.8 Å². The molecule has 2 fully saturated rings. The highest BCUT2D eigenvalue weighted by Crippen LogP contribution is 2.56. The second kappa shape index (κ2) is 9.97. The minimum Gasteiger partial charge on any atom is -0.504 e. The van der Waals surface area contributed by atoms with Gasteiger partial charge in [-0.1, -0.05) is 13.3 Å². The summed E-state index contributed by atoms with van der Waals surface area (Å²) < 4.78 is 23.7. The molecule has 9 heteroatoms. The summed E-state index contributed by atoms with van der Waals surface area (Å²) in [6.07, 6.45) is 4.18. The Morgan fingerprint density at radius 3 is 2.79 bits per heavy atom. The van der Waals surface area contributed by atoms with E-state index in [-0.39, 0.29) is 30.6 Å². The third kappa shape index (κ3) is 4.11. The minimum atomic E-state index is -0.696. The Hall–Kier alpha value is -1.56. The van der Waals surface area contributed by atoms with Crippen LogP contribution in [0.3, 0.4) is 0 Å². The van der Waals surface area contributed by atoms with E-state index in [0.29, 0.717) is 11.5 Å². The molecule has 3 heterocycles. The summed E-state index contributed by atoms with van der Waals surface area (Å²) in [6.45, 7) is 4.10. The number of ether oxygens (including phenoxy) is 4. The number of benzene rings is 1. The Labute approximate surface area is 209 Å². The van der Waals surface area contributed by atoms with Crippen molar-refractivity contribution < 1.29 is 23.7 Å². The van der Waals surface area contributed by atoms with Crippen LogP contribution >= 0.6 is 22.6 Å². The topological polar surface area (TPSA) is 95.3 Å². The molecule has 3 aliphatic rings. The summed E-state index contributed by atoms with van der Waals surface area (Å²) >= 11 is 2.31. The Morgan fingerprint density at radius 1 is 1.36 bits per heavy atom. The molecule has 0 radical (unpaired) electrons. The maximum Gasteiger partial charge on any atom is 0.337 e. The highest BCUT2D eigenvalue weighted by Gasteiger charge is 2.60. The Balaban J connectivity index is 1.77. The van der Waals surface area contributed by atoms with Gasteiger partial charge in [0.1, 0.15) is 5.75 Å². The van der Waals surface area contributed by atoms with Gasteiger partial charge in [0.05, 0.1) is 45.9 Å². The van der Waals surface area contributed by atoms with Crippen molar-refractivity contribution >= 4 is 34.2 Å². The van der Waals surface area contributed by atoms with Gasteiger partial charge >= 0.3 is 5.97 Å². The number of carbonyl (C=O) groups is 1. The van der Waals surface area contributed by atoms with E-state index in [9.17, 15) is 4.79 Å². The maximum absolute atomic E-state index is 12.7. The zero-order valence-electron chi connectivity index (χ0n) is 19.7. The van der Waals surface area contributed by atoms with Crippen LogP contribution in [0.5, 0.6) is 5.75 Å². The number of hydrogen-bond acceptors (Lipinski definition) is 8. The Bertz CT molecular complexity index is 926. The van der Waals surface area contributed by atoms with Gasteiger partial charge in [0.15, 0.2) is 5.72 Å². The van der Waals surface area contributed by atoms with Gasteiger partial charge in [-0.25, -0.2) is 4.79 Å². The van der Waals surface area contributed by atoms with Crippen LogP contribution in [0, 0.1) is 15.4 Å². The predicted molar refractivity (Wildman–Crippen MR) is 134 cm³/mol. The van der Waals surface area contributed by atoms with Crippen molar-refractivity contribution in [2.24, 2.45) is 17.6 Å². The molecule has 0 saturated carbocycles. The van der Waals surface area contributed by atoms with Crippen LogP contribution in [0.25, 0.3) is 0 Å². The molecule has 2 saturated heterocycles. The first-order chi connectivity index (χ1) is 15.9. The fourth-order valence-corrected chi connectivity index (χ4v) is 6.83. The molecule has 0 aromatic heterocycles. The molecule has 0 bridgehead atoms. The van der Waals surface area contributed by atoms with Gasteiger partial charge < -0.3 is 30.0 Å². The fourth-order valence-electron chi connectivity index (χ4n) is 6.23. The summed E-state index contributed by atoms with van der Waals surface area (Å²) in [6, 6.07) is 4.23. The van der Waals surface area contributed by atoms with E-state index in [2.05, 4.69) is 51.9 Å². The van der Waals surface area contributed by atoms with Crippen molar-refractivity contribution in [2.45, 2.75) is 43.9 Å². The lowest BCUT2D eigenvalue weighted by molar-refractivity contribution is -0.146. The van der Waals surface area contributed by atoms with Gasteiger partial charge in [-0.2, -0.15) is 0 Å². The number of nitrogens with two attached hydrogens (primary N) is 1. The largest absolute Gasteiger partial charge is 0.504 e. The number of nitrogens with zero attached hydrogens (tertiary/aromatic N) is 1. The third-order valence-corrected chi connectivity index (χ3v) is 8.21. The first-order valence-corrected chi connectivity index (χ1v) is 12.6. The minimum absolute atomic E-state index is 0.00630. The van der Waals surface area contributed by atoms with E-state index >= 15 is 0 Å². The molecule has 0 aliphatic carbocycles. The van der Waals surface area contributed by atoms with Crippen LogP contribution in [0.1, 0.15) is 37.7 Å². The molecule has 0 spiro atoms. The van der Waals surface area contributed by atoms with Gasteiger partial charge in [0, 0.05) is 27.3 Å². The van der Waals surface area contributed by atoms with E-state index in [1.165, 1.54) is 7.11 Å². The molecular weight excluding hydrogens is 537 g/mol. The first-order valence-electron chi connectivity index (χ1n) is 11.5. The monoisotopic (exact) mass is 571 g/mol. The Morgan fingerprint density at radius 2 is 2.15 bits per heavy atom. The number of esters is 1. The zero-order chi connectivity index (χ0) is 23.8. The first kappa shape index (κ1) is 24.6. The standard InChI is InChI=1S/C24H34IN3O5/c1-5-14-11-28-7-6-18-22-19(8-15(25)9-20(22)31-3)27-24(18,33-13-26)21(28)10-16(14)17(12-30-2)23(29)32-4/h8-9,12,14,16,18,21,27H,5-7,10-11,13,26H2,1-4H3/b17-12+/t14-,16+,18?,21+,24-/m1/s1. The highest BCUT2D eigenvalue weighted by molar-refractivity contribution is 14.1. The third-order valence-electron chi connectivity index (χ3n) is 7.59.